The van der Waals surface area contributed by atoms with E-state index in [9.17, 15) is 9.59 Å². The lowest BCUT2D eigenvalue weighted by Gasteiger charge is -2.13. The second kappa shape index (κ2) is 6.43. The number of anilines is 1. The first-order valence-electron chi connectivity index (χ1n) is 7.07. The smallest absolute Gasteiger partial charge is 0.330 e. The molecule has 1 N–H and O–H groups in total. The lowest BCUT2D eigenvalue weighted by molar-refractivity contribution is 0.488. The Morgan fingerprint density at radius 2 is 1.81 bits per heavy atom. The highest BCUT2D eigenvalue weighted by Crippen LogP contribution is 2.04. The van der Waals surface area contributed by atoms with E-state index >= 15 is 0 Å². The zero-order valence-electron chi connectivity index (χ0n) is 12.7. The molecule has 0 amide bonds. The van der Waals surface area contributed by atoms with E-state index in [1.54, 1.807) is 10.8 Å². The number of rotatable bonds is 5. The number of nitrogens with one attached hydrogen (secondary N) is 1. The molecule has 112 valence electrons. The first-order valence-corrected chi connectivity index (χ1v) is 7.07. The number of aromatic nitrogens is 2. The van der Waals surface area contributed by atoms with Gasteiger partial charge in [0.2, 0.25) is 0 Å². The molecule has 0 aliphatic rings. The lowest BCUT2D eigenvalue weighted by atomic mass is 10.2. The average Bonchev–Trinajstić information content (AvgIpc) is 2.47. The van der Waals surface area contributed by atoms with E-state index in [0.717, 1.165) is 10.1 Å². The normalized spacial score (nSPS) is 10.9. The second-order valence-electron chi connectivity index (χ2n) is 5.57. The molecule has 0 saturated carbocycles. The number of hydrogen-bond donors (Lipinski definition) is 1. The van der Waals surface area contributed by atoms with Gasteiger partial charge >= 0.3 is 5.69 Å². The van der Waals surface area contributed by atoms with Crippen molar-refractivity contribution >= 4 is 5.69 Å². The summed E-state index contributed by atoms with van der Waals surface area (Å²) in [6.07, 6.45) is 1.62. The van der Waals surface area contributed by atoms with E-state index in [2.05, 4.69) is 5.32 Å². The summed E-state index contributed by atoms with van der Waals surface area (Å²) in [5.74, 6) is 0.335. The molecule has 0 spiro atoms. The van der Waals surface area contributed by atoms with Crippen LogP contribution in [0.2, 0.25) is 0 Å². The molecule has 0 aliphatic heterocycles. The fourth-order valence-corrected chi connectivity index (χ4v) is 2.17. The highest BCUT2D eigenvalue weighted by atomic mass is 16.2. The average molecular weight is 287 g/mol. The minimum absolute atomic E-state index is 0.279. The highest BCUT2D eigenvalue weighted by Gasteiger charge is 2.09. The van der Waals surface area contributed by atoms with Crippen LogP contribution in [0.3, 0.4) is 0 Å². The Hall–Kier alpha value is -2.30. The molecule has 2 aromatic rings. The summed E-state index contributed by atoms with van der Waals surface area (Å²) < 4.78 is 2.73. The molecule has 0 radical (unpaired) electrons. The Kier molecular flexibility index (Phi) is 4.62. The fourth-order valence-electron chi connectivity index (χ4n) is 2.17. The Labute approximate surface area is 123 Å². The van der Waals surface area contributed by atoms with Gasteiger partial charge in [0.15, 0.2) is 0 Å². The van der Waals surface area contributed by atoms with Gasteiger partial charge in [-0.3, -0.25) is 13.9 Å². The molecule has 5 nitrogen and oxygen atoms in total. The summed E-state index contributed by atoms with van der Waals surface area (Å²) in [7, 11) is 1.51. The summed E-state index contributed by atoms with van der Waals surface area (Å²) in [6, 6.07) is 9.83. The highest BCUT2D eigenvalue weighted by molar-refractivity contribution is 5.39. The van der Waals surface area contributed by atoms with E-state index in [1.807, 2.05) is 44.2 Å². The van der Waals surface area contributed by atoms with E-state index in [-0.39, 0.29) is 11.2 Å². The van der Waals surface area contributed by atoms with Gasteiger partial charge in [0.1, 0.15) is 5.69 Å². The SMILES string of the molecule is CC(C)Cn1cc(NCc2ccccc2)c(=O)n(C)c1=O. The molecule has 1 heterocycles. The van der Waals surface area contributed by atoms with Crippen molar-refractivity contribution in [3.63, 3.8) is 0 Å². The molecule has 0 unspecified atom stereocenters. The molecule has 1 aromatic carbocycles. The van der Waals surface area contributed by atoms with Crippen LogP contribution in [0.1, 0.15) is 19.4 Å². The van der Waals surface area contributed by atoms with Crippen LogP contribution < -0.4 is 16.6 Å². The maximum absolute atomic E-state index is 12.1. The van der Waals surface area contributed by atoms with Crippen LogP contribution >= 0.6 is 0 Å². The first kappa shape index (κ1) is 15.1. The van der Waals surface area contributed by atoms with E-state index in [1.165, 1.54) is 7.05 Å². The first-order chi connectivity index (χ1) is 9.99. The predicted octanol–water partition coefficient (Wildman–Crippen LogP) is 1.82. The molecular formula is C16H21N3O2. The van der Waals surface area contributed by atoms with Gasteiger partial charge in [-0.15, -0.1) is 0 Å². The number of hydrogen-bond acceptors (Lipinski definition) is 3. The molecular weight excluding hydrogens is 266 g/mol. The third-order valence-corrected chi connectivity index (χ3v) is 3.24. The maximum atomic E-state index is 12.1. The standard InChI is InChI=1S/C16H21N3O2/c1-12(2)10-19-11-14(15(20)18(3)16(19)21)17-9-13-7-5-4-6-8-13/h4-8,11-12,17H,9-10H2,1-3H3. The van der Waals surface area contributed by atoms with Gasteiger partial charge in [-0.05, 0) is 11.5 Å². The molecule has 0 atom stereocenters. The van der Waals surface area contributed by atoms with Crippen molar-refractivity contribution in [2.75, 3.05) is 5.32 Å². The molecule has 0 saturated heterocycles. The number of benzene rings is 1. The van der Waals surface area contributed by atoms with Gasteiger partial charge in [0, 0.05) is 26.3 Å². The monoisotopic (exact) mass is 287 g/mol. The van der Waals surface area contributed by atoms with Crippen LogP contribution in [0.25, 0.3) is 0 Å². The Morgan fingerprint density at radius 3 is 2.43 bits per heavy atom. The summed E-state index contributed by atoms with van der Waals surface area (Å²) in [5, 5.41) is 3.12. The minimum Gasteiger partial charge on any atom is -0.375 e. The topological polar surface area (TPSA) is 56.0 Å². The van der Waals surface area contributed by atoms with Crippen LogP contribution in [-0.4, -0.2) is 9.13 Å². The van der Waals surface area contributed by atoms with Crippen LogP contribution in [0, 0.1) is 5.92 Å². The predicted molar refractivity (Wildman–Crippen MR) is 84.5 cm³/mol. The minimum atomic E-state index is -0.295. The van der Waals surface area contributed by atoms with Crippen molar-refractivity contribution < 1.29 is 0 Å². The Morgan fingerprint density at radius 1 is 1.14 bits per heavy atom. The quantitative estimate of drug-likeness (QED) is 0.912. The summed E-state index contributed by atoms with van der Waals surface area (Å²) in [4.78, 5) is 24.2. The molecule has 0 fully saturated rings. The van der Waals surface area contributed by atoms with Gasteiger partial charge in [0.25, 0.3) is 5.56 Å². The fraction of sp³-hybridized carbons (Fsp3) is 0.375. The van der Waals surface area contributed by atoms with Gasteiger partial charge in [-0.2, -0.15) is 0 Å². The van der Waals surface area contributed by atoms with Crippen LogP contribution in [0.4, 0.5) is 5.69 Å². The van der Waals surface area contributed by atoms with Crippen LogP contribution in [-0.2, 0) is 20.1 Å². The Bertz CT molecular complexity index is 715. The molecule has 1 aromatic heterocycles. The van der Waals surface area contributed by atoms with Crippen molar-refractivity contribution in [2.45, 2.75) is 26.9 Å². The molecule has 0 aliphatic carbocycles. The van der Waals surface area contributed by atoms with Crippen molar-refractivity contribution in [1.29, 1.82) is 0 Å². The van der Waals surface area contributed by atoms with Crippen molar-refractivity contribution in [1.82, 2.24) is 9.13 Å². The molecule has 2 rings (SSSR count). The zero-order valence-corrected chi connectivity index (χ0v) is 12.7. The molecule has 0 bridgehead atoms. The molecule has 21 heavy (non-hydrogen) atoms. The van der Waals surface area contributed by atoms with Crippen molar-refractivity contribution in [3.8, 4) is 0 Å². The van der Waals surface area contributed by atoms with Crippen LogP contribution in [0.5, 0.6) is 0 Å². The second-order valence-corrected chi connectivity index (χ2v) is 5.57. The summed E-state index contributed by atoms with van der Waals surface area (Å²) in [6.45, 7) is 5.21. The maximum Gasteiger partial charge on any atom is 0.330 e. The third-order valence-electron chi connectivity index (χ3n) is 3.24. The Balaban J connectivity index is 2.29. The van der Waals surface area contributed by atoms with Gasteiger partial charge in [-0.1, -0.05) is 44.2 Å². The van der Waals surface area contributed by atoms with Gasteiger partial charge in [-0.25, -0.2) is 4.79 Å². The summed E-state index contributed by atoms with van der Waals surface area (Å²) >= 11 is 0. The van der Waals surface area contributed by atoms with E-state index < -0.39 is 0 Å². The van der Waals surface area contributed by atoms with Crippen molar-refractivity contribution in [2.24, 2.45) is 13.0 Å². The largest absolute Gasteiger partial charge is 0.375 e. The van der Waals surface area contributed by atoms with Crippen molar-refractivity contribution in [3.05, 3.63) is 62.9 Å². The summed E-state index contributed by atoms with van der Waals surface area (Å²) in [5.41, 5.74) is 0.956. The van der Waals surface area contributed by atoms with E-state index in [0.29, 0.717) is 24.7 Å². The number of nitrogens with zero attached hydrogens (tertiary/aromatic N) is 2. The third kappa shape index (κ3) is 3.62. The van der Waals surface area contributed by atoms with Gasteiger partial charge in [0.05, 0.1) is 0 Å². The zero-order chi connectivity index (χ0) is 15.4. The van der Waals surface area contributed by atoms with Gasteiger partial charge < -0.3 is 5.32 Å². The molecule has 5 heteroatoms. The lowest BCUT2D eigenvalue weighted by Crippen LogP contribution is -2.39. The van der Waals surface area contributed by atoms with Crippen LogP contribution in [0.15, 0.2) is 46.1 Å². The van der Waals surface area contributed by atoms with E-state index in [4.69, 9.17) is 0 Å².